The highest BCUT2D eigenvalue weighted by Crippen LogP contribution is 2.29. The second kappa shape index (κ2) is 11.6. The number of aliphatic hydroxyl groups is 11. The molecular weight excluding hydrogens is 472 g/mol. The fraction of sp³-hybridized carbons (Fsp3) is 1.00. The van der Waals surface area contributed by atoms with Gasteiger partial charge in [0.15, 0.2) is 18.9 Å². The van der Waals surface area contributed by atoms with Gasteiger partial charge in [-0.15, -0.1) is 0 Å². The highest BCUT2D eigenvalue weighted by atomic mass is 16.7. The molecule has 0 aliphatic carbocycles. The largest absolute Gasteiger partial charge is 0.394 e. The first kappa shape index (κ1) is 27.9. The van der Waals surface area contributed by atoms with Gasteiger partial charge in [0.05, 0.1) is 19.8 Å². The van der Waals surface area contributed by atoms with Gasteiger partial charge in [0.2, 0.25) is 0 Å². The van der Waals surface area contributed by atoms with Gasteiger partial charge in [-0.1, -0.05) is 0 Å². The average Bonchev–Trinajstić information content (AvgIpc) is 2.82. The lowest BCUT2D eigenvalue weighted by molar-refractivity contribution is -0.361. The Kier molecular flexibility index (Phi) is 9.54. The Morgan fingerprint density at radius 3 is 1.53 bits per heavy atom. The predicted octanol–water partition coefficient (Wildman–Crippen LogP) is -7.57. The summed E-state index contributed by atoms with van der Waals surface area (Å²) in [6.07, 6.45) is -24.9. The second-order valence-corrected chi connectivity index (χ2v) is 8.37. The molecule has 0 saturated carbocycles. The van der Waals surface area contributed by atoms with E-state index in [1.54, 1.807) is 0 Å². The molecule has 0 radical (unpaired) electrons. The molecule has 3 fully saturated rings. The molecule has 0 spiro atoms. The lowest BCUT2D eigenvalue weighted by Crippen LogP contribution is -2.65. The molecule has 0 aromatic heterocycles. The number of ether oxygens (including phenoxy) is 5. The van der Waals surface area contributed by atoms with Crippen molar-refractivity contribution in [2.75, 3.05) is 19.8 Å². The van der Waals surface area contributed by atoms with Crippen molar-refractivity contribution < 1.29 is 79.9 Å². The highest BCUT2D eigenvalue weighted by Gasteiger charge is 2.51. The van der Waals surface area contributed by atoms with E-state index in [0.717, 1.165) is 0 Å². The first-order valence-corrected chi connectivity index (χ1v) is 10.6. The van der Waals surface area contributed by atoms with Crippen LogP contribution in [-0.2, 0) is 23.7 Å². The van der Waals surface area contributed by atoms with Crippen LogP contribution in [0.1, 0.15) is 0 Å². The maximum atomic E-state index is 10.6. The quantitative estimate of drug-likeness (QED) is 0.154. The van der Waals surface area contributed by atoms with Crippen molar-refractivity contribution in [3.63, 3.8) is 0 Å². The Labute approximate surface area is 192 Å². The van der Waals surface area contributed by atoms with E-state index in [2.05, 4.69) is 0 Å². The van der Waals surface area contributed by atoms with Crippen molar-refractivity contribution in [3.8, 4) is 0 Å². The van der Waals surface area contributed by atoms with E-state index in [4.69, 9.17) is 23.7 Å². The minimum absolute atomic E-state index is 0.609. The van der Waals surface area contributed by atoms with Crippen molar-refractivity contribution in [1.29, 1.82) is 0 Å². The van der Waals surface area contributed by atoms with Crippen LogP contribution in [0, 0.1) is 0 Å². The number of aliphatic hydroxyl groups excluding tert-OH is 11. The fourth-order valence-corrected chi connectivity index (χ4v) is 3.94. The number of rotatable bonds is 7. The molecule has 0 aromatic carbocycles. The van der Waals surface area contributed by atoms with Gasteiger partial charge in [-0.2, -0.15) is 0 Å². The van der Waals surface area contributed by atoms with E-state index in [1.807, 2.05) is 0 Å². The smallest absolute Gasteiger partial charge is 0.187 e. The third-order valence-corrected chi connectivity index (χ3v) is 6.07. The van der Waals surface area contributed by atoms with Crippen LogP contribution in [0.5, 0.6) is 0 Å². The molecule has 16 heteroatoms. The molecule has 16 nitrogen and oxygen atoms in total. The summed E-state index contributed by atoms with van der Waals surface area (Å²) in [5, 5.41) is 109. The summed E-state index contributed by atoms with van der Waals surface area (Å²) in [5.41, 5.74) is 0. The van der Waals surface area contributed by atoms with E-state index < -0.39 is 112 Å². The Hall–Kier alpha value is -0.640. The van der Waals surface area contributed by atoms with Gasteiger partial charge < -0.3 is 79.9 Å². The molecule has 0 bridgehead atoms. The van der Waals surface area contributed by atoms with Crippen LogP contribution in [0.15, 0.2) is 0 Å². The highest BCUT2D eigenvalue weighted by molar-refractivity contribution is 4.94. The van der Waals surface area contributed by atoms with E-state index in [0.29, 0.717) is 0 Å². The van der Waals surface area contributed by atoms with Crippen molar-refractivity contribution in [2.45, 2.75) is 92.1 Å². The van der Waals surface area contributed by atoms with Gasteiger partial charge in [-0.05, 0) is 0 Å². The monoisotopic (exact) mass is 504 g/mol. The summed E-state index contributed by atoms with van der Waals surface area (Å²) in [6.45, 7) is -2.06. The lowest BCUT2D eigenvalue weighted by atomic mass is 9.97. The third-order valence-electron chi connectivity index (χ3n) is 6.07. The molecule has 3 aliphatic rings. The van der Waals surface area contributed by atoms with Crippen LogP contribution < -0.4 is 0 Å². The van der Waals surface area contributed by atoms with E-state index in [-0.39, 0.29) is 0 Å². The summed E-state index contributed by atoms with van der Waals surface area (Å²) < 4.78 is 26.1. The summed E-state index contributed by atoms with van der Waals surface area (Å²) in [4.78, 5) is 0. The van der Waals surface area contributed by atoms with Crippen LogP contribution in [0.3, 0.4) is 0 Å². The van der Waals surface area contributed by atoms with E-state index >= 15 is 0 Å². The second-order valence-electron chi connectivity index (χ2n) is 8.37. The first-order valence-electron chi connectivity index (χ1n) is 10.6. The molecule has 3 saturated heterocycles. The molecule has 34 heavy (non-hydrogen) atoms. The van der Waals surface area contributed by atoms with Gasteiger partial charge in [-0.25, -0.2) is 0 Å². The van der Waals surface area contributed by atoms with Crippen molar-refractivity contribution in [2.24, 2.45) is 0 Å². The Balaban J connectivity index is 1.65. The zero-order chi connectivity index (χ0) is 25.3. The number of hydrogen-bond acceptors (Lipinski definition) is 16. The molecule has 0 unspecified atom stereocenters. The van der Waals surface area contributed by atoms with Gasteiger partial charge in [-0.3, -0.25) is 0 Å². The van der Waals surface area contributed by atoms with Crippen LogP contribution in [0.2, 0.25) is 0 Å². The van der Waals surface area contributed by atoms with E-state index in [9.17, 15) is 56.2 Å². The predicted molar refractivity (Wildman–Crippen MR) is 101 cm³/mol. The standard InChI is InChI=1S/C18H32O16/c19-1-4-7(21)10(24)12(26)17(32-4)30-3-6-9(23)15(14(28)16(29)31-6)34-18-13(27)11(25)8(22)5(2-20)33-18/h4-29H,1-3H2/t4-,5-,6-,7-,8-,9-,10+,11+,12-,13+,14-,15+,16-,17-,18+/m1/s1. The molecule has 0 aromatic rings. The van der Waals surface area contributed by atoms with Crippen molar-refractivity contribution in [3.05, 3.63) is 0 Å². The van der Waals surface area contributed by atoms with Crippen LogP contribution >= 0.6 is 0 Å². The molecule has 3 heterocycles. The van der Waals surface area contributed by atoms with Gasteiger partial charge in [0.25, 0.3) is 0 Å². The summed E-state index contributed by atoms with van der Waals surface area (Å²) in [7, 11) is 0. The minimum atomic E-state index is -1.93. The van der Waals surface area contributed by atoms with Crippen LogP contribution in [0.25, 0.3) is 0 Å². The SMILES string of the molecule is OC[C@H]1O[C@@H](O[C@@H]2[C@@H](O)[C@H](O)O[C@H](CO[C@@H]3O[C@H](CO)[C@@H](O)[C@H](O)[C@H]3O)[C@H]2O)[C@@H](O)[C@@H](O)[C@@H]1O. The first-order chi connectivity index (χ1) is 16.0. The summed E-state index contributed by atoms with van der Waals surface area (Å²) in [6, 6.07) is 0. The van der Waals surface area contributed by atoms with Crippen LogP contribution in [-0.4, -0.2) is 168 Å². The molecule has 0 amide bonds. The van der Waals surface area contributed by atoms with Crippen LogP contribution in [0.4, 0.5) is 0 Å². The normalized spacial score (nSPS) is 52.5. The molecule has 200 valence electrons. The Bertz CT molecular complexity index is 637. The topological polar surface area (TPSA) is 269 Å². The zero-order valence-corrected chi connectivity index (χ0v) is 17.7. The molecule has 3 rings (SSSR count). The molecule has 15 atom stereocenters. The van der Waals surface area contributed by atoms with Crippen molar-refractivity contribution >= 4 is 0 Å². The van der Waals surface area contributed by atoms with Gasteiger partial charge in [0.1, 0.15) is 73.2 Å². The van der Waals surface area contributed by atoms with Gasteiger partial charge in [0, 0.05) is 0 Å². The van der Waals surface area contributed by atoms with E-state index in [1.165, 1.54) is 0 Å². The molecular formula is C18H32O16. The summed E-state index contributed by atoms with van der Waals surface area (Å²) >= 11 is 0. The third kappa shape index (κ3) is 5.52. The van der Waals surface area contributed by atoms with Gasteiger partial charge >= 0.3 is 0 Å². The maximum absolute atomic E-state index is 10.6. The Morgan fingerprint density at radius 2 is 1.00 bits per heavy atom. The number of hydrogen-bond donors (Lipinski definition) is 11. The Morgan fingerprint density at radius 1 is 0.500 bits per heavy atom. The molecule has 11 N–H and O–H groups in total. The average molecular weight is 504 g/mol. The zero-order valence-electron chi connectivity index (χ0n) is 17.7. The summed E-state index contributed by atoms with van der Waals surface area (Å²) in [5.74, 6) is 0. The lowest BCUT2D eigenvalue weighted by Gasteiger charge is -2.45. The van der Waals surface area contributed by atoms with Crippen molar-refractivity contribution in [1.82, 2.24) is 0 Å². The molecule has 3 aliphatic heterocycles. The fourth-order valence-electron chi connectivity index (χ4n) is 3.94. The maximum Gasteiger partial charge on any atom is 0.187 e. The minimum Gasteiger partial charge on any atom is -0.394 e.